The Morgan fingerprint density at radius 1 is 1.55 bits per heavy atom. The van der Waals surface area contributed by atoms with Crippen LogP contribution >= 0.6 is 11.3 Å². The van der Waals surface area contributed by atoms with Gasteiger partial charge in [0.25, 0.3) is 5.69 Å². The highest BCUT2D eigenvalue weighted by Gasteiger charge is 2.21. The molecule has 1 heterocycles. The van der Waals surface area contributed by atoms with Gasteiger partial charge >= 0.3 is 5.97 Å². The number of ether oxygens (including phenoxy) is 1. The average molecular weight is 325 g/mol. The van der Waals surface area contributed by atoms with Crippen molar-refractivity contribution in [2.45, 2.75) is 13.8 Å². The number of aromatic nitrogens is 1. The fourth-order valence-electron chi connectivity index (χ4n) is 1.74. The summed E-state index contributed by atoms with van der Waals surface area (Å²) in [6.45, 7) is 3.51. The molecule has 9 heteroatoms. The van der Waals surface area contributed by atoms with Gasteiger partial charge in [-0.25, -0.2) is 14.2 Å². The summed E-state index contributed by atoms with van der Waals surface area (Å²) in [5.74, 6) is -1.28. The van der Waals surface area contributed by atoms with Crippen LogP contribution in [0.15, 0.2) is 18.2 Å². The van der Waals surface area contributed by atoms with Crippen molar-refractivity contribution in [2.24, 2.45) is 0 Å². The van der Waals surface area contributed by atoms with E-state index in [1.165, 1.54) is 0 Å². The van der Waals surface area contributed by atoms with Crippen molar-refractivity contribution in [3.63, 3.8) is 0 Å². The third kappa shape index (κ3) is 3.37. The standard InChI is InChI=1S/C13H12FN3O4S/c1-3-21-13(18)11-12(22-7(2)15-11)16-9-6-8(14)4-5-10(9)17(19)20/h4-6,16H,3H2,1-2H3. The van der Waals surface area contributed by atoms with E-state index in [0.29, 0.717) is 5.01 Å². The molecule has 2 aromatic rings. The number of rotatable bonds is 5. The van der Waals surface area contributed by atoms with Gasteiger partial charge in [-0.05, 0) is 19.9 Å². The predicted octanol–water partition coefficient (Wildman–Crippen LogP) is 3.42. The molecule has 0 spiro atoms. The van der Waals surface area contributed by atoms with Gasteiger partial charge in [-0.1, -0.05) is 0 Å². The third-order valence-electron chi connectivity index (χ3n) is 2.61. The lowest BCUT2D eigenvalue weighted by molar-refractivity contribution is -0.384. The van der Waals surface area contributed by atoms with Gasteiger partial charge in [-0.2, -0.15) is 0 Å². The molecule has 1 N–H and O–H groups in total. The number of nitrogens with one attached hydrogen (secondary N) is 1. The maximum absolute atomic E-state index is 13.3. The van der Waals surface area contributed by atoms with Gasteiger partial charge in [0, 0.05) is 12.1 Å². The first-order valence-electron chi connectivity index (χ1n) is 6.28. The van der Waals surface area contributed by atoms with Gasteiger partial charge in [0.05, 0.1) is 16.5 Å². The Labute approximate surface area is 128 Å². The summed E-state index contributed by atoms with van der Waals surface area (Å²) in [6, 6.07) is 3.03. The molecule has 0 aliphatic carbocycles. The molecule has 0 fully saturated rings. The highest BCUT2D eigenvalue weighted by Crippen LogP contribution is 2.33. The van der Waals surface area contributed by atoms with E-state index < -0.39 is 16.7 Å². The molecule has 0 bridgehead atoms. The van der Waals surface area contributed by atoms with Crippen LogP contribution in [0.4, 0.5) is 20.8 Å². The minimum absolute atomic E-state index is 0.0166. The Bertz CT molecular complexity index is 732. The smallest absolute Gasteiger partial charge is 0.360 e. The summed E-state index contributed by atoms with van der Waals surface area (Å²) in [6.07, 6.45) is 0. The number of aryl methyl sites for hydroxylation is 1. The molecular weight excluding hydrogens is 313 g/mol. The van der Waals surface area contributed by atoms with Gasteiger partial charge in [0.2, 0.25) is 0 Å². The first-order valence-corrected chi connectivity index (χ1v) is 7.09. The number of thiazole rings is 1. The van der Waals surface area contributed by atoms with Crippen LogP contribution in [0.5, 0.6) is 0 Å². The van der Waals surface area contributed by atoms with E-state index in [0.717, 1.165) is 29.5 Å². The molecule has 0 radical (unpaired) electrons. The van der Waals surface area contributed by atoms with Gasteiger partial charge in [0.1, 0.15) is 16.5 Å². The van der Waals surface area contributed by atoms with Gasteiger partial charge in [0.15, 0.2) is 5.69 Å². The molecule has 7 nitrogen and oxygen atoms in total. The van der Waals surface area contributed by atoms with Crippen LogP contribution in [-0.4, -0.2) is 22.5 Å². The zero-order valence-corrected chi connectivity index (χ0v) is 12.6. The molecule has 0 amide bonds. The number of carbonyl (C=O) groups is 1. The first kappa shape index (κ1) is 15.8. The van der Waals surface area contributed by atoms with Crippen molar-refractivity contribution in [3.8, 4) is 0 Å². The van der Waals surface area contributed by atoms with E-state index in [-0.39, 0.29) is 28.7 Å². The predicted molar refractivity (Wildman–Crippen MR) is 79.1 cm³/mol. The second-order valence-corrected chi connectivity index (χ2v) is 5.38. The zero-order chi connectivity index (χ0) is 16.3. The van der Waals surface area contributed by atoms with E-state index in [1.54, 1.807) is 13.8 Å². The van der Waals surface area contributed by atoms with Crippen LogP contribution in [-0.2, 0) is 4.74 Å². The first-order chi connectivity index (χ1) is 10.4. The summed E-state index contributed by atoms with van der Waals surface area (Å²) >= 11 is 1.12. The van der Waals surface area contributed by atoms with Crippen molar-refractivity contribution in [1.82, 2.24) is 4.98 Å². The summed E-state index contributed by atoms with van der Waals surface area (Å²) in [5, 5.41) is 14.5. The normalized spacial score (nSPS) is 10.3. The molecule has 0 aliphatic heterocycles. The highest BCUT2D eigenvalue weighted by atomic mass is 32.1. The molecule has 0 saturated carbocycles. The number of benzene rings is 1. The number of hydrogen-bond acceptors (Lipinski definition) is 7. The molecule has 2 rings (SSSR count). The number of esters is 1. The lowest BCUT2D eigenvalue weighted by Crippen LogP contribution is -2.08. The molecule has 22 heavy (non-hydrogen) atoms. The van der Waals surface area contributed by atoms with E-state index >= 15 is 0 Å². The topological polar surface area (TPSA) is 94.4 Å². The number of halogens is 1. The Morgan fingerprint density at radius 2 is 2.27 bits per heavy atom. The Hall–Kier alpha value is -2.55. The van der Waals surface area contributed by atoms with Crippen molar-refractivity contribution in [1.29, 1.82) is 0 Å². The van der Waals surface area contributed by atoms with Crippen LogP contribution in [0.3, 0.4) is 0 Å². The van der Waals surface area contributed by atoms with Crippen LogP contribution in [0, 0.1) is 22.9 Å². The number of carbonyl (C=O) groups excluding carboxylic acids is 1. The van der Waals surface area contributed by atoms with Crippen molar-refractivity contribution >= 4 is 33.7 Å². The minimum atomic E-state index is -0.645. The Balaban J connectivity index is 2.41. The van der Waals surface area contributed by atoms with Crippen molar-refractivity contribution in [2.75, 3.05) is 11.9 Å². The maximum Gasteiger partial charge on any atom is 0.360 e. The number of nitro benzene ring substituents is 1. The molecule has 0 unspecified atom stereocenters. The second-order valence-electron chi connectivity index (χ2n) is 4.17. The van der Waals surface area contributed by atoms with Crippen LogP contribution < -0.4 is 5.32 Å². The van der Waals surface area contributed by atoms with Crippen LogP contribution in [0.2, 0.25) is 0 Å². The quantitative estimate of drug-likeness (QED) is 0.514. The van der Waals surface area contributed by atoms with Crippen molar-refractivity contribution < 1.29 is 18.8 Å². The molecule has 1 aromatic carbocycles. The van der Waals surface area contributed by atoms with Crippen molar-refractivity contribution in [3.05, 3.63) is 44.8 Å². The number of nitrogens with zero attached hydrogens (tertiary/aromatic N) is 2. The summed E-state index contributed by atoms with van der Waals surface area (Å²) in [5.41, 5.74) is -0.343. The average Bonchev–Trinajstić information content (AvgIpc) is 2.79. The summed E-state index contributed by atoms with van der Waals surface area (Å²) in [7, 11) is 0. The summed E-state index contributed by atoms with van der Waals surface area (Å²) < 4.78 is 18.2. The lowest BCUT2D eigenvalue weighted by atomic mass is 10.2. The maximum atomic E-state index is 13.3. The van der Waals surface area contributed by atoms with E-state index in [1.807, 2.05) is 0 Å². The Kier molecular flexibility index (Phi) is 4.66. The molecule has 1 aromatic heterocycles. The minimum Gasteiger partial charge on any atom is -0.461 e. The SMILES string of the molecule is CCOC(=O)c1nc(C)sc1Nc1cc(F)ccc1[N+](=O)[O-]. The Morgan fingerprint density at radius 3 is 2.91 bits per heavy atom. The fourth-order valence-corrected chi connectivity index (χ4v) is 2.56. The van der Waals surface area contributed by atoms with Crippen LogP contribution in [0.25, 0.3) is 0 Å². The largest absolute Gasteiger partial charge is 0.461 e. The molecule has 116 valence electrons. The van der Waals surface area contributed by atoms with Gasteiger partial charge in [-0.15, -0.1) is 11.3 Å². The van der Waals surface area contributed by atoms with E-state index in [9.17, 15) is 19.3 Å². The van der Waals surface area contributed by atoms with Gasteiger partial charge < -0.3 is 10.1 Å². The zero-order valence-electron chi connectivity index (χ0n) is 11.8. The number of nitro groups is 1. The van der Waals surface area contributed by atoms with Gasteiger partial charge in [-0.3, -0.25) is 10.1 Å². The lowest BCUT2D eigenvalue weighted by Gasteiger charge is -2.06. The molecule has 0 aliphatic rings. The summed E-state index contributed by atoms with van der Waals surface area (Å²) in [4.78, 5) is 26.2. The molecular formula is C13H12FN3O4S. The molecule has 0 atom stereocenters. The number of hydrogen-bond donors (Lipinski definition) is 1. The van der Waals surface area contributed by atoms with E-state index in [4.69, 9.17) is 4.74 Å². The fraction of sp³-hybridized carbons (Fsp3) is 0.231. The number of anilines is 2. The molecule has 0 saturated heterocycles. The van der Waals surface area contributed by atoms with E-state index in [2.05, 4.69) is 10.3 Å². The highest BCUT2D eigenvalue weighted by molar-refractivity contribution is 7.16. The van der Waals surface area contributed by atoms with Crippen LogP contribution in [0.1, 0.15) is 22.4 Å². The second kappa shape index (κ2) is 6.48. The monoisotopic (exact) mass is 325 g/mol. The third-order valence-corrected chi connectivity index (χ3v) is 3.49.